The Morgan fingerprint density at radius 2 is 2.04 bits per heavy atom. The van der Waals surface area contributed by atoms with Crippen LogP contribution in [0.5, 0.6) is 5.75 Å². The Morgan fingerprint density at radius 3 is 2.92 bits per heavy atom. The Labute approximate surface area is 149 Å². The van der Waals surface area contributed by atoms with Crippen molar-refractivity contribution in [2.24, 2.45) is 0 Å². The van der Waals surface area contributed by atoms with Gasteiger partial charge in [-0.05, 0) is 69.0 Å². The van der Waals surface area contributed by atoms with Crippen LogP contribution >= 0.6 is 0 Å². The topological polar surface area (TPSA) is 37.0 Å². The van der Waals surface area contributed by atoms with Gasteiger partial charge in [0.2, 0.25) is 0 Å². The molecule has 1 aliphatic carbocycles. The fourth-order valence-electron chi connectivity index (χ4n) is 3.84. The van der Waals surface area contributed by atoms with Crippen LogP contribution in [-0.4, -0.2) is 18.1 Å². The summed E-state index contributed by atoms with van der Waals surface area (Å²) in [5.41, 5.74) is 5.53. The fourth-order valence-corrected chi connectivity index (χ4v) is 3.84. The van der Waals surface area contributed by atoms with Gasteiger partial charge in [-0.3, -0.25) is 0 Å². The summed E-state index contributed by atoms with van der Waals surface area (Å²) >= 11 is 0. The van der Waals surface area contributed by atoms with Gasteiger partial charge in [-0.1, -0.05) is 29.8 Å². The van der Waals surface area contributed by atoms with Gasteiger partial charge in [-0.15, -0.1) is 0 Å². The van der Waals surface area contributed by atoms with E-state index in [0.29, 0.717) is 6.04 Å². The number of aryl methyl sites for hydroxylation is 2. The molecule has 0 saturated heterocycles. The Hall–Kier alpha value is -2.26. The van der Waals surface area contributed by atoms with Crippen LogP contribution in [0.15, 0.2) is 48.5 Å². The molecule has 0 saturated carbocycles. The second-order valence-electron chi connectivity index (χ2n) is 6.98. The molecule has 0 spiro atoms. The first-order valence-electron chi connectivity index (χ1n) is 9.33. The van der Waals surface area contributed by atoms with E-state index in [0.717, 1.165) is 25.3 Å². The summed E-state index contributed by atoms with van der Waals surface area (Å²) < 4.78 is 5.78. The molecule has 0 unspecified atom stereocenters. The van der Waals surface area contributed by atoms with Crippen molar-refractivity contribution >= 4 is 10.9 Å². The number of hydrogen-bond donors (Lipinski definition) is 2. The number of aromatic amines is 1. The van der Waals surface area contributed by atoms with Gasteiger partial charge in [-0.25, -0.2) is 0 Å². The summed E-state index contributed by atoms with van der Waals surface area (Å²) in [5, 5.41) is 5.14. The maximum absolute atomic E-state index is 5.78. The third kappa shape index (κ3) is 3.57. The van der Waals surface area contributed by atoms with Crippen LogP contribution in [-0.2, 0) is 6.42 Å². The predicted octanol–water partition coefficient (Wildman–Crippen LogP) is 4.91. The molecule has 1 atom stereocenters. The van der Waals surface area contributed by atoms with E-state index in [9.17, 15) is 0 Å². The van der Waals surface area contributed by atoms with Gasteiger partial charge in [-0.2, -0.15) is 0 Å². The van der Waals surface area contributed by atoms with Crippen molar-refractivity contribution in [3.05, 3.63) is 65.4 Å². The SMILES string of the molecule is Cc1ccc2[nH]c3c(c2c1)CCC[C@@H]3NCCCOc1ccccc1. The summed E-state index contributed by atoms with van der Waals surface area (Å²) in [6.45, 7) is 3.90. The number of H-pyrrole nitrogens is 1. The maximum Gasteiger partial charge on any atom is 0.119 e. The number of benzene rings is 2. The van der Waals surface area contributed by atoms with Crippen molar-refractivity contribution in [3.63, 3.8) is 0 Å². The first kappa shape index (κ1) is 16.2. The summed E-state index contributed by atoms with van der Waals surface area (Å²) in [6, 6.07) is 17.2. The smallest absolute Gasteiger partial charge is 0.119 e. The van der Waals surface area contributed by atoms with E-state index in [-0.39, 0.29) is 0 Å². The average molecular weight is 334 g/mol. The monoisotopic (exact) mass is 334 g/mol. The quantitative estimate of drug-likeness (QED) is 0.628. The van der Waals surface area contributed by atoms with Crippen LogP contribution in [0.2, 0.25) is 0 Å². The minimum absolute atomic E-state index is 0.438. The normalized spacial score (nSPS) is 16.8. The zero-order chi connectivity index (χ0) is 17.1. The molecule has 25 heavy (non-hydrogen) atoms. The molecule has 130 valence electrons. The lowest BCUT2D eigenvalue weighted by atomic mass is 9.91. The predicted molar refractivity (Wildman–Crippen MR) is 103 cm³/mol. The van der Waals surface area contributed by atoms with Gasteiger partial charge in [0.1, 0.15) is 5.75 Å². The van der Waals surface area contributed by atoms with E-state index in [1.807, 2.05) is 30.3 Å². The summed E-state index contributed by atoms with van der Waals surface area (Å²) in [6.07, 6.45) is 4.67. The molecular weight excluding hydrogens is 308 g/mol. The van der Waals surface area contributed by atoms with Crippen LogP contribution in [0.3, 0.4) is 0 Å². The van der Waals surface area contributed by atoms with E-state index >= 15 is 0 Å². The third-order valence-electron chi connectivity index (χ3n) is 5.09. The van der Waals surface area contributed by atoms with Crippen molar-refractivity contribution < 1.29 is 4.74 Å². The minimum Gasteiger partial charge on any atom is -0.494 e. The molecule has 0 radical (unpaired) electrons. The zero-order valence-electron chi connectivity index (χ0n) is 14.8. The second-order valence-corrected chi connectivity index (χ2v) is 6.98. The molecule has 1 aliphatic rings. The van der Waals surface area contributed by atoms with E-state index in [1.165, 1.54) is 47.0 Å². The molecule has 0 amide bonds. The molecule has 1 heterocycles. The van der Waals surface area contributed by atoms with Crippen LogP contribution in [0, 0.1) is 6.92 Å². The Morgan fingerprint density at radius 1 is 1.16 bits per heavy atom. The number of fused-ring (bicyclic) bond motifs is 3. The Bertz CT molecular complexity index is 838. The summed E-state index contributed by atoms with van der Waals surface area (Å²) in [5.74, 6) is 0.952. The van der Waals surface area contributed by atoms with Crippen molar-refractivity contribution in [1.29, 1.82) is 0 Å². The van der Waals surface area contributed by atoms with Gasteiger partial charge in [0.25, 0.3) is 0 Å². The fraction of sp³-hybridized carbons (Fsp3) is 0.364. The lowest BCUT2D eigenvalue weighted by molar-refractivity contribution is 0.302. The Kier molecular flexibility index (Phi) is 4.75. The van der Waals surface area contributed by atoms with Gasteiger partial charge < -0.3 is 15.0 Å². The van der Waals surface area contributed by atoms with Gasteiger partial charge >= 0.3 is 0 Å². The number of hydrogen-bond acceptors (Lipinski definition) is 2. The first-order valence-corrected chi connectivity index (χ1v) is 9.33. The molecular formula is C22H26N2O. The molecule has 0 aliphatic heterocycles. The zero-order valence-corrected chi connectivity index (χ0v) is 14.8. The summed E-state index contributed by atoms with van der Waals surface area (Å²) in [4.78, 5) is 3.67. The molecule has 3 aromatic rings. The van der Waals surface area contributed by atoms with Crippen molar-refractivity contribution in [3.8, 4) is 5.75 Å². The van der Waals surface area contributed by atoms with E-state index in [2.05, 4.69) is 35.4 Å². The highest BCUT2D eigenvalue weighted by molar-refractivity contribution is 5.85. The van der Waals surface area contributed by atoms with E-state index in [1.54, 1.807) is 0 Å². The number of rotatable bonds is 6. The van der Waals surface area contributed by atoms with Gasteiger partial charge in [0, 0.05) is 22.6 Å². The lowest BCUT2D eigenvalue weighted by Crippen LogP contribution is -2.27. The second kappa shape index (κ2) is 7.32. The molecule has 0 fully saturated rings. The van der Waals surface area contributed by atoms with Crippen molar-refractivity contribution in [2.45, 2.75) is 38.6 Å². The molecule has 3 heteroatoms. The number of para-hydroxylation sites is 1. The molecule has 1 aromatic heterocycles. The van der Waals surface area contributed by atoms with Crippen LogP contribution < -0.4 is 10.1 Å². The maximum atomic E-state index is 5.78. The molecule has 3 nitrogen and oxygen atoms in total. The third-order valence-corrected chi connectivity index (χ3v) is 5.09. The van der Waals surface area contributed by atoms with E-state index in [4.69, 9.17) is 4.74 Å². The number of aromatic nitrogens is 1. The number of ether oxygens (including phenoxy) is 1. The Balaban J connectivity index is 1.36. The van der Waals surface area contributed by atoms with Crippen molar-refractivity contribution in [1.82, 2.24) is 10.3 Å². The largest absolute Gasteiger partial charge is 0.494 e. The molecule has 2 N–H and O–H groups in total. The highest BCUT2D eigenvalue weighted by Crippen LogP contribution is 2.35. The highest BCUT2D eigenvalue weighted by atomic mass is 16.5. The van der Waals surface area contributed by atoms with Crippen LogP contribution in [0.1, 0.15) is 42.1 Å². The first-order chi connectivity index (χ1) is 12.3. The molecule has 0 bridgehead atoms. The van der Waals surface area contributed by atoms with Crippen molar-refractivity contribution in [2.75, 3.05) is 13.2 Å². The van der Waals surface area contributed by atoms with Gasteiger partial charge in [0.15, 0.2) is 0 Å². The molecule has 4 rings (SSSR count). The van der Waals surface area contributed by atoms with Crippen LogP contribution in [0.4, 0.5) is 0 Å². The van der Waals surface area contributed by atoms with E-state index < -0.39 is 0 Å². The standard InChI is InChI=1S/C22H26N2O/c1-16-11-12-20-19(15-16)18-9-5-10-21(22(18)24-20)23-13-6-14-25-17-7-3-2-4-8-17/h2-4,7-8,11-12,15,21,23-24H,5-6,9-10,13-14H2,1H3/t21-/m0/s1. The molecule has 2 aromatic carbocycles. The average Bonchev–Trinajstić information content (AvgIpc) is 3.01. The number of nitrogens with one attached hydrogen (secondary N) is 2. The van der Waals surface area contributed by atoms with Gasteiger partial charge in [0.05, 0.1) is 6.61 Å². The lowest BCUT2D eigenvalue weighted by Gasteiger charge is -2.24. The minimum atomic E-state index is 0.438. The van der Waals surface area contributed by atoms with Crippen LogP contribution in [0.25, 0.3) is 10.9 Å². The highest BCUT2D eigenvalue weighted by Gasteiger charge is 2.23. The summed E-state index contributed by atoms with van der Waals surface area (Å²) in [7, 11) is 0.